The third-order valence-electron chi connectivity index (χ3n) is 4.85. The van der Waals surface area contributed by atoms with Crippen LogP contribution in [0.1, 0.15) is 6.92 Å². The Morgan fingerprint density at radius 1 is 1.23 bits per heavy atom. The molecule has 0 radical (unpaired) electrons. The van der Waals surface area contributed by atoms with E-state index in [9.17, 15) is 9.59 Å². The second kappa shape index (κ2) is 9.84. The molecule has 0 spiro atoms. The first-order valence-electron chi connectivity index (χ1n) is 10.1. The highest BCUT2D eigenvalue weighted by Crippen LogP contribution is 2.28. The van der Waals surface area contributed by atoms with Gasteiger partial charge < -0.3 is 25.0 Å². The Kier molecular flexibility index (Phi) is 6.73. The maximum Gasteiger partial charge on any atom is 0.337 e. The minimum atomic E-state index is -0.441. The van der Waals surface area contributed by atoms with Crippen molar-refractivity contribution in [3.63, 3.8) is 0 Å². The first-order valence-corrected chi connectivity index (χ1v) is 11.1. The van der Waals surface area contributed by atoms with E-state index in [1.807, 2.05) is 34.9 Å². The number of benzene rings is 1. The number of carbonyl (C=O) groups excluding carboxylic acids is 2. The summed E-state index contributed by atoms with van der Waals surface area (Å²) in [6, 6.07) is 9.51. The number of nitrogens with zero attached hydrogens (tertiary/aromatic N) is 4. The van der Waals surface area contributed by atoms with Crippen molar-refractivity contribution in [2.75, 3.05) is 50.1 Å². The third kappa shape index (κ3) is 4.83. The number of hydrogen-bond acceptors (Lipinski definition) is 8. The molecule has 1 fully saturated rings. The van der Waals surface area contributed by atoms with E-state index in [0.29, 0.717) is 35.4 Å². The van der Waals surface area contributed by atoms with E-state index < -0.39 is 5.97 Å². The van der Waals surface area contributed by atoms with Crippen molar-refractivity contribution >= 4 is 29.7 Å². The molecule has 1 saturated heterocycles. The van der Waals surface area contributed by atoms with Crippen LogP contribution in [0.2, 0.25) is 0 Å². The van der Waals surface area contributed by atoms with Gasteiger partial charge in [0, 0.05) is 24.5 Å². The molecular weight excluding hydrogens is 420 g/mol. The molecule has 31 heavy (non-hydrogen) atoms. The number of hydrogen-bond donors (Lipinski definition) is 2. The lowest BCUT2D eigenvalue weighted by Crippen LogP contribution is -2.44. The second-order valence-electron chi connectivity index (χ2n) is 6.83. The van der Waals surface area contributed by atoms with Crippen LogP contribution in [0.4, 0.5) is 10.7 Å². The fourth-order valence-electron chi connectivity index (χ4n) is 3.33. The normalized spacial score (nSPS) is 16.7. The topological polar surface area (TPSA) is 111 Å². The summed E-state index contributed by atoms with van der Waals surface area (Å²) in [6.07, 6.45) is 0. The van der Waals surface area contributed by atoms with Crippen LogP contribution in [-0.4, -0.2) is 72.0 Å². The fourth-order valence-corrected chi connectivity index (χ4v) is 4.27. The van der Waals surface area contributed by atoms with Crippen molar-refractivity contribution < 1.29 is 19.1 Å². The highest BCUT2D eigenvalue weighted by atomic mass is 32.2. The lowest BCUT2D eigenvalue weighted by atomic mass is 10.2. The Bertz CT molecular complexity index is 971. The molecule has 0 saturated carbocycles. The molecule has 0 aliphatic carbocycles. The number of aromatic nitrogens is 3. The van der Waals surface area contributed by atoms with Gasteiger partial charge in [0.1, 0.15) is 0 Å². The predicted octanol–water partition coefficient (Wildman–Crippen LogP) is 1.33. The summed E-state index contributed by atoms with van der Waals surface area (Å²) in [5.41, 5.74) is 1.86. The number of amides is 2. The second-order valence-corrected chi connectivity index (χ2v) is 7.77. The van der Waals surface area contributed by atoms with Gasteiger partial charge >= 0.3 is 12.0 Å². The van der Waals surface area contributed by atoms with E-state index in [4.69, 9.17) is 9.47 Å². The number of carbonyl (C=O) groups is 2. The number of thioether (sulfide) groups is 1. The zero-order chi connectivity index (χ0) is 21.6. The Labute approximate surface area is 184 Å². The quantitative estimate of drug-likeness (QED) is 0.486. The highest BCUT2D eigenvalue weighted by molar-refractivity contribution is 7.99. The minimum Gasteiger partial charge on any atom is -0.463 e. The van der Waals surface area contributed by atoms with Gasteiger partial charge in [0.05, 0.1) is 37.6 Å². The molecule has 0 bridgehead atoms. The number of morpholine rings is 1. The third-order valence-corrected chi connectivity index (χ3v) is 5.80. The van der Waals surface area contributed by atoms with E-state index in [0.717, 1.165) is 24.7 Å². The molecule has 2 aliphatic heterocycles. The van der Waals surface area contributed by atoms with E-state index in [1.54, 1.807) is 6.92 Å². The van der Waals surface area contributed by atoms with Gasteiger partial charge in [0.25, 0.3) is 0 Å². The van der Waals surface area contributed by atoms with Gasteiger partial charge in [0.15, 0.2) is 5.16 Å². The van der Waals surface area contributed by atoms with Gasteiger partial charge in [-0.1, -0.05) is 30.0 Å². The average molecular weight is 445 g/mol. The van der Waals surface area contributed by atoms with E-state index >= 15 is 0 Å². The lowest BCUT2D eigenvalue weighted by Gasteiger charge is -2.28. The van der Waals surface area contributed by atoms with Gasteiger partial charge in [-0.15, -0.1) is 10.2 Å². The number of ether oxygens (including phenoxy) is 2. The van der Waals surface area contributed by atoms with E-state index in [2.05, 4.69) is 25.7 Å². The van der Waals surface area contributed by atoms with Crippen molar-refractivity contribution in [1.29, 1.82) is 0 Å². The summed E-state index contributed by atoms with van der Waals surface area (Å²) < 4.78 is 12.6. The summed E-state index contributed by atoms with van der Waals surface area (Å²) in [7, 11) is 0. The minimum absolute atomic E-state index is 0.130. The Morgan fingerprint density at radius 2 is 2.00 bits per heavy atom. The largest absolute Gasteiger partial charge is 0.463 e. The Hall–Kier alpha value is -3.05. The van der Waals surface area contributed by atoms with Gasteiger partial charge in [-0.25, -0.2) is 9.59 Å². The molecule has 0 unspecified atom stereocenters. The molecule has 2 amide bonds. The number of esters is 1. The number of urea groups is 1. The van der Waals surface area contributed by atoms with Crippen molar-refractivity contribution in [2.24, 2.45) is 0 Å². The first kappa shape index (κ1) is 21.2. The Balaban J connectivity index is 1.62. The smallest absolute Gasteiger partial charge is 0.337 e. The maximum absolute atomic E-state index is 12.3. The van der Waals surface area contributed by atoms with Crippen molar-refractivity contribution in [3.8, 4) is 5.69 Å². The SMILES string of the molecule is CCOC(=O)C1=C(CSc2nnc(N3CCOCC3)n2-c2ccccc2)NC(=O)NC1. The molecule has 3 heterocycles. The first-order chi connectivity index (χ1) is 15.2. The van der Waals surface area contributed by atoms with Gasteiger partial charge in [-0.2, -0.15) is 0 Å². The zero-order valence-corrected chi connectivity index (χ0v) is 18.0. The highest BCUT2D eigenvalue weighted by Gasteiger charge is 2.26. The molecule has 4 rings (SSSR count). The number of nitrogens with one attached hydrogen (secondary N) is 2. The number of para-hydroxylation sites is 1. The summed E-state index contributed by atoms with van der Waals surface area (Å²) in [6.45, 7) is 4.88. The average Bonchev–Trinajstić information content (AvgIpc) is 3.23. The molecule has 0 atom stereocenters. The number of anilines is 1. The molecular formula is C20H24N6O4S. The van der Waals surface area contributed by atoms with Crippen LogP contribution in [-0.2, 0) is 14.3 Å². The molecule has 164 valence electrons. The fraction of sp³-hybridized carbons (Fsp3) is 0.400. The molecule has 10 nitrogen and oxygen atoms in total. The molecule has 2 aromatic rings. The molecule has 2 aliphatic rings. The zero-order valence-electron chi connectivity index (χ0n) is 17.2. The van der Waals surface area contributed by atoms with Crippen LogP contribution < -0.4 is 15.5 Å². The van der Waals surface area contributed by atoms with Crippen LogP contribution in [0.5, 0.6) is 0 Å². The van der Waals surface area contributed by atoms with Crippen molar-refractivity contribution in [3.05, 3.63) is 41.6 Å². The van der Waals surface area contributed by atoms with E-state index in [1.165, 1.54) is 11.8 Å². The Morgan fingerprint density at radius 3 is 2.74 bits per heavy atom. The van der Waals surface area contributed by atoms with Crippen molar-refractivity contribution in [2.45, 2.75) is 12.1 Å². The summed E-state index contributed by atoms with van der Waals surface area (Å²) in [5.74, 6) is 0.644. The lowest BCUT2D eigenvalue weighted by molar-refractivity contribution is -0.138. The van der Waals surface area contributed by atoms with Gasteiger partial charge in [-0.05, 0) is 19.1 Å². The molecule has 11 heteroatoms. The van der Waals surface area contributed by atoms with Crippen LogP contribution in [0.25, 0.3) is 5.69 Å². The van der Waals surface area contributed by atoms with Gasteiger partial charge in [0.2, 0.25) is 5.95 Å². The molecule has 1 aromatic carbocycles. The molecule has 2 N–H and O–H groups in total. The standard InChI is InChI=1S/C20H24N6O4S/c1-2-30-17(27)15-12-21-18(28)22-16(15)13-31-20-24-23-19(25-8-10-29-11-9-25)26(20)14-6-4-3-5-7-14/h3-7H,2,8-13H2,1H3,(H2,21,22,28). The summed E-state index contributed by atoms with van der Waals surface area (Å²) in [5, 5.41) is 14.8. The van der Waals surface area contributed by atoms with Crippen LogP contribution in [0.3, 0.4) is 0 Å². The number of rotatable bonds is 7. The summed E-state index contributed by atoms with van der Waals surface area (Å²) in [4.78, 5) is 26.3. The van der Waals surface area contributed by atoms with Crippen LogP contribution in [0, 0.1) is 0 Å². The maximum atomic E-state index is 12.3. The molecule has 1 aromatic heterocycles. The summed E-state index contributed by atoms with van der Waals surface area (Å²) >= 11 is 1.40. The van der Waals surface area contributed by atoms with Gasteiger partial charge in [-0.3, -0.25) is 4.57 Å². The van der Waals surface area contributed by atoms with E-state index in [-0.39, 0.29) is 19.2 Å². The predicted molar refractivity (Wildman–Crippen MR) is 115 cm³/mol. The van der Waals surface area contributed by atoms with Crippen LogP contribution >= 0.6 is 11.8 Å². The van der Waals surface area contributed by atoms with Crippen LogP contribution in [0.15, 0.2) is 46.8 Å². The van der Waals surface area contributed by atoms with Crippen molar-refractivity contribution in [1.82, 2.24) is 25.4 Å². The monoisotopic (exact) mass is 444 g/mol.